The number of aliphatic carboxylic acids is 1. The third-order valence-electron chi connectivity index (χ3n) is 6.18. The zero-order valence-electron chi connectivity index (χ0n) is 14.6. The van der Waals surface area contributed by atoms with Crippen molar-refractivity contribution in [1.29, 1.82) is 0 Å². The topological polar surface area (TPSA) is 84.2 Å². The molecule has 2 N–H and O–H groups in total. The molecule has 3 aliphatic rings. The van der Waals surface area contributed by atoms with Crippen molar-refractivity contribution in [2.75, 3.05) is 11.6 Å². The normalized spacial score (nSPS) is 30.5. The third kappa shape index (κ3) is 2.72. The van der Waals surface area contributed by atoms with Gasteiger partial charge in [-0.25, -0.2) is 4.68 Å². The Labute approximate surface area is 146 Å². The summed E-state index contributed by atoms with van der Waals surface area (Å²) in [5.74, 6) is 0.919. The molecule has 4 rings (SSSR count). The molecule has 0 aromatic carbocycles. The number of nitrogens with one attached hydrogen (secondary N) is 1. The molecule has 2 bridgehead atoms. The zero-order valence-corrected chi connectivity index (χ0v) is 15.4. The molecule has 0 aliphatic heterocycles. The van der Waals surface area contributed by atoms with E-state index in [4.69, 9.17) is 5.11 Å². The number of hydrogen-bond donors (Lipinski definition) is 2. The fourth-order valence-corrected chi connectivity index (χ4v) is 5.16. The fraction of sp³-hybridized carbons (Fsp3) is 0.706. The standard InChI is InChI=1S/C17H25N3O3S/c1-9-11-5-10(17(11,2)3)6-12(9)19-13-7-18-20(8-14(21)22)16(23)15(13)24-4/h7,9-12,19H,5-6,8H2,1-4H3,(H,21,22)/t9-,10+,11-,12-/m1/s1. The minimum absolute atomic E-state index is 0.337. The van der Waals surface area contributed by atoms with Gasteiger partial charge in [0.2, 0.25) is 0 Å². The maximum Gasteiger partial charge on any atom is 0.325 e. The van der Waals surface area contributed by atoms with Gasteiger partial charge >= 0.3 is 5.97 Å². The summed E-state index contributed by atoms with van der Waals surface area (Å²) in [5.41, 5.74) is 0.803. The first-order chi connectivity index (χ1) is 11.3. The largest absolute Gasteiger partial charge is 0.480 e. The lowest BCUT2D eigenvalue weighted by molar-refractivity contribution is -0.138. The van der Waals surface area contributed by atoms with Crippen LogP contribution in [0.15, 0.2) is 15.9 Å². The maximum atomic E-state index is 12.4. The van der Waals surface area contributed by atoms with Crippen LogP contribution in [0.3, 0.4) is 0 Å². The fourth-order valence-electron chi connectivity index (χ4n) is 4.55. The second-order valence-electron chi connectivity index (χ2n) is 7.65. The Morgan fingerprint density at radius 2 is 2.21 bits per heavy atom. The summed E-state index contributed by atoms with van der Waals surface area (Å²) in [6.07, 6.45) is 5.84. The lowest BCUT2D eigenvalue weighted by Gasteiger charge is -2.62. The van der Waals surface area contributed by atoms with Crippen LogP contribution >= 0.6 is 11.8 Å². The Bertz CT molecular complexity index is 716. The van der Waals surface area contributed by atoms with Crippen LogP contribution in [0.2, 0.25) is 0 Å². The van der Waals surface area contributed by atoms with Crippen LogP contribution in [0.5, 0.6) is 0 Å². The summed E-state index contributed by atoms with van der Waals surface area (Å²) in [4.78, 5) is 23.8. The van der Waals surface area contributed by atoms with Crippen LogP contribution in [0.1, 0.15) is 33.6 Å². The van der Waals surface area contributed by atoms with Crippen LogP contribution in [0.4, 0.5) is 5.69 Å². The number of carbonyl (C=O) groups is 1. The highest BCUT2D eigenvalue weighted by molar-refractivity contribution is 7.98. The smallest absolute Gasteiger partial charge is 0.325 e. The average molecular weight is 351 g/mol. The lowest BCUT2D eigenvalue weighted by Crippen LogP contribution is -2.58. The van der Waals surface area contributed by atoms with Crippen molar-refractivity contribution in [3.05, 3.63) is 16.6 Å². The SMILES string of the molecule is CSc1c(N[C@@H]2C[C@@H]3C[C@H]([C@H]2C)C3(C)C)cnn(CC(=O)O)c1=O. The van der Waals surface area contributed by atoms with E-state index in [-0.39, 0.29) is 5.56 Å². The molecule has 0 spiro atoms. The van der Waals surface area contributed by atoms with Gasteiger partial charge < -0.3 is 10.4 Å². The number of anilines is 1. The van der Waals surface area contributed by atoms with Gasteiger partial charge in [0, 0.05) is 6.04 Å². The van der Waals surface area contributed by atoms with Crippen LogP contribution in [0, 0.1) is 23.2 Å². The molecule has 0 amide bonds. The number of hydrogen-bond acceptors (Lipinski definition) is 5. The highest BCUT2D eigenvalue weighted by Crippen LogP contribution is 2.61. The number of aromatic nitrogens is 2. The molecule has 3 fully saturated rings. The number of carboxylic acids is 1. The van der Waals surface area contributed by atoms with Gasteiger partial charge in [-0.2, -0.15) is 5.10 Å². The van der Waals surface area contributed by atoms with Crippen molar-refractivity contribution in [3.8, 4) is 0 Å². The number of thioether (sulfide) groups is 1. The molecule has 3 saturated carbocycles. The van der Waals surface area contributed by atoms with Gasteiger partial charge in [0.15, 0.2) is 0 Å². The van der Waals surface area contributed by atoms with Gasteiger partial charge in [-0.3, -0.25) is 9.59 Å². The number of fused-ring (bicyclic) bond motifs is 2. The molecule has 1 aromatic rings. The minimum Gasteiger partial charge on any atom is -0.480 e. The summed E-state index contributed by atoms with van der Waals surface area (Å²) in [5, 5.41) is 16.4. The Kier molecular flexibility index (Phi) is 4.40. The number of rotatable bonds is 5. The van der Waals surface area contributed by atoms with E-state index >= 15 is 0 Å². The van der Waals surface area contributed by atoms with Crippen molar-refractivity contribution >= 4 is 23.4 Å². The molecule has 132 valence electrons. The molecular weight excluding hydrogens is 326 g/mol. The molecular formula is C17H25N3O3S. The van der Waals surface area contributed by atoms with Crippen LogP contribution in [-0.4, -0.2) is 33.2 Å². The van der Waals surface area contributed by atoms with E-state index in [0.717, 1.165) is 22.7 Å². The van der Waals surface area contributed by atoms with Gasteiger partial charge in [-0.1, -0.05) is 20.8 Å². The Balaban J connectivity index is 1.82. The molecule has 4 atom stereocenters. The van der Waals surface area contributed by atoms with Crippen LogP contribution < -0.4 is 10.9 Å². The van der Waals surface area contributed by atoms with E-state index < -0.39 is 12.5 Å². The highest BCUT2D eigenvalue weighted by atomic mass is 32.2. The van der Waals surface area contributed by atoms with E-state index in [1.54, 1.807) is 6.20 Å². The predicted molar refractivity (Wildman–Crippen MR) is 94.5 cm³/mol. The van der Waals surface area contributed by atoms with Crippen LogP contribution in [0.25, 0.3) is 0 Å². The minimum atomic E-state index is -1.07. The summed E-state index contributed by atoms with van der Waals surface area (Å²) < 4.78 is 1.00. The Morgan fingerprint density at radius 3 is 2.75 bits per heavy atom. The summed E-state index contributed by atoms with van der Waals surface area (Å²) in [6.45, 7) is 6.60. The van der Waals surface area contributed by atoms with Crippen molar-refractivity contribution in [2.24, 2.45) is 23.2 Å². The monoisotopic (exact) mass is 351 g/mol. The second-order valence-corrected chi connectivity index (χ2v) is 8.47. The highest BCUT2D eigenvalue weighted by Gasteiger charge is 2.56. The summed E-state index contributed by atoms with van der Waals surface area (Å²) >= 11 is 1.34. The first-order valence-electron chi connectivity index (χ1n) is 8.38. The summed E-state index contributed by atoms with van der Waals surface area (Å²) in [6, 6.07) is 0.337. The van der Waals surface area contributed by atoms with E-state index in [1.807, 2.05) is 6.26 Å². The quantitative estimate of drug-likeness (QED) is 0.793. The first-order valence-corrected chi connectivity index (χ1v) is 9.60. The van der Waals surface area contributed by atoms with Crippen molar-refractivity contribution in [2.45, 2.75) is 51.1 Å². The maximum absolute atomic E-state index is 12.4. The van der Waals surface area contributed by atoms with Crippen molar-refractivity contribution in [1.82, 2.24) is 9.78 Å². The van der Waals surface area contributed by atoms with Gasteiger partial charge in [0.25, 0.3) is 5.56 Å². The van der Waals surface area contributed by atoms with Crippen molar-refractivity contribution < 1.29 is 9.90 Å². The average Bonchev–Trinajstić information content (AvgIpc) is 2.51. The molecule has 0 unspecified atom stereocenters. The van der Waals surface area contributed by atoms with Gasteiger partial charge in [0.05, 0.1) is 16.8 Å². The van der Waals surface area contributed by atoms with E-state index in [2.05, 4.69) is 31.2 Å². The molecule has 3 aliphatic carbocycles. The van der Waals surface area contributed by atoms with Crippen molar-refractivity contribution in [3.63, 3.8) is 0 Å². The molecule has 6 nitrogen and oxygen atoms in total. The third-order valence-corrected chi connectivity index (χ3v) is 6.99. The molecule has 1 heterocycles. The van der Waals surface area contributed by atoms with E-state index in [0.29, 0.717) is 28.2 Å². The number of carboxylic acid groups (broad SMARTS) is 1. The van der Waals surface area contributed by atoms with Gasteiger partial charge in [0.1, 0.15) is 6.54 Å². The zero-order chi connectivity index (χ0) is 17.6. The van der Waals surface area contributed by atoms with E-state index in [9.17, 15) is 9.59 Å². The summed E-state index contributed by atoms with van der Waals surface area (Å²) in [7, 11) is 0. The number of nitrogens with zero attached hydrogens (tertiary/aromatic N) is 2. The molecule has 24 heavy (non-hydrogen) atoms. The molecule has 1 aromatic heterocycles. The van der Waals surface area contributed by atoms with Gasteiger partial charge in [-0.05, 0) is 42.3 Å². The predicted octanol–water partition coefficient (Wildman–Crippen LogP) is 2.53. The van der Waals surface area contributed by atoms with E-state index in [1.165, 1.54) is 18.2 Å². The molecule has 7 heteroatoms. The lowest BCUT2D eigenvalue weighted by atomic mass is 9.45. The van der Waals surface area contributed by atoms with Crippen LogP contribution in [-0.2, 0) is 11.3 Å². The Hall–Kier alpha value is -1.50. The molecule has 0 radical (unpaired) electrons. The van der Waals surface area contributed by atoms with Gasteiger partial charge in [-0.15, -0.1) is 11.8 Å². The second kappa shape index (κ2) is 6.10. The first kappa shape index (κ1) is 17.3. The molecule has 0 saturated heterocycles. The Morgan fingerprint density at radius 1 is 1.50 bits per heavy atom.